The summed E-state index contributed by atoms with van der Waals surface area (Å²) in [7, 11) is 0. The third kappa shape index (κ3) is 5.65. The van der Waals surface area contributed by atoms with Crippen molar-refractivity contribution in [2.24, 2.45) is 0 Å². The van der Waals surface area contributed by atoms with Gasteiger partial charge >= 0.3 is 0 Å². The molecule has 0 aliphatic carbocycles. The molecule has 0 saturated carbocycles. The van der Waals surface area contributed by atoms with Gasteiger partial charge in [0.2, 0.25) is 0 Å². The fraction of sp³-hybridized carbons (Fsp3) is 0.217. The molecule has 0 amide bonds. The van der Waals surface area contributed by atoms with E-state index < -0.39 is 0 Å². The number of halogens is 1. The van der Waals surface area contributed by atoms with Crippen LogP contribution in [0.1, 0.15) is 29.5 Å². The minimum atomic E-state index is 0.611. The van der Waals surface area contributed by atoms with E-state index in [1.165, 1.54) is 16.7 Å². The highest BCUT2D eigenvalue weighted by atomic mass is 35.5. The Morgan fingerprint density at radius 3 is 2.24 bits per heavy atom. The van der Waals surface area contributed by atoms with E-state index in [0.29, 0.717) is 6.61 Å². The summed E-state index contributed by atoms with van der Waals surface area (Å²) >= 11 is 6.04. The van der Waals surface area contributed by atoms with Crippen LogP contribution in [0.25, 0.3) is 0 Å². The highest BCUT2D eigenvalue weighted by Crippen LogP contribution is 2.22. The van der Waals surface area contributed by atoms with Gasteiger partial charge in [-0.25, -0.2) is 0 Å². The summed E-state index contributed by atoms with van der Waals surface area (Å²) in [5.74, 6) is 0.995. The van der Waals surface area contributed by atoms with Gasteiger partial charge in [0.1, 0.15) is 12.4 Å². The number of para-hydroxylation sites is 1. The predicted octanol–water partition coefficient (Wildman–Crippen LogP) is 6.48. The topological polar surface area (TPSA) is 9.23 Å². The third-order valence-corrected chi connectivity index (χ3v) is 4.50. The molecule has 0 aliphatic heterocycles. The Balaban J connectivity index is 1.50. The lowest BCUT2D eigenvalue weighted by Crippen LogP contribution is -1.99. The highest BCUT2D eigenvalue weighted by Gasteiger charge is 2.04. The first-order chi connectivity index (χ1) is 12.3. The molecule has 0 saturated heterocycles. The Morgan fingerprint density at radius 2 is 1.40 bits per heavy atom. The zero-order valence-electron chi connectivity index (χ0n) is 14.3. The largest absolute Gasteiger partial charge is 0.489 e. The molecule has 1 nitrogen and oxygen atoms in total. The Kier molecular flexibility index (Phi) is 6.53. The van der Waals surface area contributed by atoms with E-state index in [1.807, 2.05) is 36.4 Å². The molecule has 0 aromatic heterocycles. The summed E-state index contributed by atoms with van der Waals surface area (Å²) in [6.07, 6.45) is 4.38. The predicted molar refractivity (Wildman–Crippen MR) is 105 cm³/mol. The van der Waals surface area contributed by atoms with Crippen molar-refractivity contribution in [1.82, 2.24) is 0 Å². The molecule has 0 N–H and O–H groups in total. The number of unbranched alkanes of at least 4 members (excludes halogenated alkanes) is 1. The maximum Gasteiger partial charge on any atom is 0.122 e. The molecule has 3 rings (SSSR count). The molecule has 0 heterocycles. The van der Waals surface area contributed by atoms with Crippen molar-refractivity contribution in [1.29, 1.82) is 0 Å². The van der Waals surface area contributed by atoms with Gasteiger partial charge in [0.05, 0.1) is 0 Å². The van der Waals surface area contributed by atoms with Crippen molar-refractivity contribution in [2.75, 3.05) is 0 Å². The summed E-state index contributed by atoms with van der Waals surface area (Å²) in [5.41, 5.74) is 3.78. The minimum absolute atomic E-state index is 0.611. The van der Waals surface area contributed by atoms with Crippen molar-refractivity contribution < 1.29 is 4.74 Å². The van der Waals surface area contributed by atoms with Crippen LogP contribution in [0, 0.1) is 0 Å². The summed E-state index contributed by atoms with van der Waals surface area (Å²) in [4.78, 5) is 0. The van der Waals surface area contributed by atoms with Crippen LogP contribution >= 0.6 is 11.6 Å². The van der Waals surface area contributed by atoms with Gasteiger partial charge in [0.15, 0.2) is 0 Å². The average molecular weight is 351 g/mol. The van der Waals surface area contributed by atoms with Crippen LogP contribution in [0.4, 0.5) is 0 Å². The molecule has 3 aromatic rings. The number of hydrogen-bond donors (Lipinski definition) is 0. The molecule has 0 atom stereocenters. The molecule has 0 spiro atoms. The molecule has 128 valence electrons. The number of rotatable bonds is 8. The Labute approximate surface area is 155 Å². The van der Waals surface area contributed by atoms with Crippen molar-refractivity contribution in [2.45, 2.75) is 32.3 Å². The van der Waals surface area contributed by atoms with Gasteiger partial charge in [-0.1, -0.05) is 72.3 Å². The van der Waals surface area contributed by atoms with E-state index in [0.717, 1.165) is 36.5 Å². The van der Waals surface area contributed by atoms with Crippen LogP contribution in [0.15, 0.2) is 78.9 Å². The average Bonchev–Trinajstić information content (AvgIpc) is 2.65. The van der Waals surface area contributed by atoms with Gasteiger partial charge in [0.25, 0.3) is 0 Å². The maximum absolute atomic E-state index is 6.04. The number of ether oxygens (including phenoxy) is 1. The van der Waals surface area contributed by atoms with Crippen LogP contribution in [0.5, 0.6) is 5.75 Å². The van der Waals surface area contributed by atoms with Crippen molar-refractivity contribution >= 4 is 11.6 Å². The van der Waals surface area contributed by atoms with E-state index in [1.54, 1.807) is 0 Å². The number of benzene rings is 3. The summed E-state index contributed by atoms with van der Waals surface area (Å²) in [5, 5.41) is 0.817. The van der Waals surface area contributed by atoms with Crippen LogP contribution < -0.4 is 4.74 Å². The van der Waals surface area contributed by atoms with E-state index in [4.69, 9.17) is 16.3 Å². The van der Waals surface area contributed by atoms with E-state index in [2.05, 4.69) is 42.5 Å². The molecule has 25 heavy (non-hydrogen) atoms. The third-order valence-electron chi connectivity index (χ3n) is 4.26. The van der Waals surface area contributed by atoms with Crippen LogP contribution in [-0.2, 0) is 19.4 Å². The lowest BCUT2D eigenvalue weighted by atomic mass is 10.0. The molecule has 0 unspecified atom stereocenters. The van der Waals surface area contributed by atoms with E-state index in [-0.39, 0.29) is 0 Å². The normalized spacial score (nSPS) is 10.6. The maximum atomic E-state index is 6.04. The van der Waals surface area contributed by atoms with Gasteiger partial charge in [0, 0.05) is 5.02 Å². The minimum Gasteiger partial charge on any atom is -0.489 e. The molecular formula is C23H23ClO. The van der Waals surface area contributed by atoms with Gasteiger partial charge in [-0.2, -0.15) is 0 Å². The molecule has 0 radical (unpaired) electrons. The molecule has 3 aromatic carbocycles. The zero-order chi connectivity index (χ0) is 17.3. The van der Waals surface area contributed by atoms with E-state index in [9.17, 15) is 0 Å². The highest BCUT2D eigenvalue weighted by molar-refractivity contribution is 6.30. The fourth-order valence-corrected chi connectivity index (χ4v) is 3.14. The summed E-state index contributed by atoms with van der Waals surface area (Å²) < 4.78 is 6.04. The van der Waals surface area contributed by atoms with Gasteiger partial charge in [-0.05, 0) is 60.6 Å². The lowest BCUT2D eigenvalue weighted by Gasteiger charge is -2.11. The zero-order valence-corrected chi connectivity index (χ0v) is 15.1. The first-order valence-corrected chi connectivity index (χ1v) is 9.18. The lowest BCUT2D eigenvalue weighted by molar-refractivity contribution is 0.302. The molecule has 2 heteroatoms. The molecule has 0 bridgehead atoms. The Morgan fingerprint density at radius 1 is 0.680 bits per heavy atom. The first-order valence-electron chi connectivity index (χ1n) is 8.80. The van der Waals surface area contributed by atoms with E-state index >= 15 is 0 Å². The standard InChI is InChI=1S/C23H23ClO/c24-22-15-8-12-19(17-22)9-4-5-13-21-14-6-7-16-23(21)25-18-20-10-2-1-3-11-20/h1-3,6-8,10-12,14-17H,4-5,9,13,18H2. The molecule has 0 aliphatic rings. The van der Waals surface area contributed by atoms with Crippen LogP contribution in [0.2, 0.25) is 5.02 Å². The second-order valence-electron chi connectivity index (χ2n) is 6.22. The Bertz CT molecular complexity index is 783. The fourth-order valence-electron chi connectivity index (χ4n) is 2.92. The molecule has 0 fully saturated rings. The van der Waals surface area contributed by atoms with Gasteiger partial charge < -0.3 is 4.74 Å². The van der Waals surface area contributed by atoms with Crippen LogP contribution in [0.3, 0.4) is 0 Å². The molecular weight excluding hydrogens is 328 g/mol. The monoisotopic (exact) mass is 350 g/mol. The smallest absolute Gasteiger partial charge is 0.122 e. The number of aryl methyl sites for hydroxylation is 2. The number of hydrogen-bond acceptors (Lipinski definition) is 1. The van der Waals surface area contributed by atoms with Crippen molar-refractivity contribution in [3.8, 4) is 5.75 Å². The first kappa shape index (κ1) is 17.6. The summed E-state index contributed by atoms with van der Waals surface area (Å²) in [6.45, 7) is 0.611. The van der Waals surface area contributed by atoms with Gasteiger partial charge in [-0.3, -0.25) is 0 Å². The van der Waals surface area contributed by atoms with Crippen LogP contribution in [-0.4, -0.2) is 0 Å². The second-order valence-corrected chi connectivity index (χ2v) is 6.66. The van der Waals surface area contributed by atoms with Crippen molar-refractivity contribution in [3.05, 3.63) is 101 Å². The SMILES string of the molecule is Clc1cccc(CCCCc2ccccc2OCc2ccccc2)c1. The van der Waals surface area contributed by atoms with Crippen molar-refractivity contribution in [3.63, 3.8) is 0 Å². The van der Waals surface area contributed by atoms with Gasteiger partial charge in [-0.15, -0.1) is 0 Å². The Hall–Kier alpha value is -2.25. The summed E-state index contributed by atoms with van der Waals surface area (Å²) in [6, 6.07) is 26.8. The second kappa shape index (κ2) is 9.29. The quantitative estimate of drug-likeness (QED) is 0.422.